The molecule has 1 saturated heterocycles. The van der Waals surface area contributed by atoms with E-state index in [0.717, 1.165) is 0 Å². The van der Waals surface area contributed by atoms with Crippen LogP contribution in [0.2, 0.25) is 5.02 Å². The number of sulfonamides is 1. The second-order valence-electron chi connectivity index (χ2n) is 5.28. The first-order chi connectivity index (χ1) is 10.9. The molecule has 1 aromatic rings. The molecule has 128 valence electrons. The first kappa shape index (κ1) is 18.0. The minimum Gasteiger partial charge on any atom is -0.484 e. The lowest BCUT2D eigenvalue weighted by atomic mass is 10.3. The highest BCUT2D eigenvalue weighted by Crippen LogP contribution is 2.16. The number of rotatable bonds is 5. The van der Waals surface area contributed by atoms with Gasteiger partial charge in [0, 0.05) is 31.2 Å². The highest BCUT2D eigenvalue weighted by atomic mass is 35.5. The van der Waals surface area contributed by atoms with Gasteiger partial charge < -0.3 is 9.64 Å². The lowest BCUT2D eigenvalue weighted by Crippen LogP contribution is -2.39. The third kappa shape index (κ3) is 5.09. The molecular formula is C15H21ClN2O4S. The Morgan fingerprint density at radius 3 is 2.52 bits per heavy atom. The molecule has 0 spiro atoms. The number of carbonyl (C=O) groups excluding carboxylic acids is 1. The van der Waals surface area contributed by atoms with Crippen molar-refractivity contribution in [2.24, 2.45) is 0 Å². The molecule has 0 saturated carbocycles. The first-order valence-corrected chi connectivity index (χ1v) is 9.55. The fourth-order valence-electron chi connectivity index (χ4n) is 2.37. The van der Waals surface area contributed by atoms with Gasteiger partial charge in [-0.05, 0) is 37.6 Å². The van der Waals surface area contributed by atoms with Gasteiger partial charge in [-0.25, -0.2) is 12.7 Å². The van der Waals surface area contributed by atoms with Crippen molar-refractivity contribution in [2.45, 2.75) is 13.3 Å². The molecule has 0 bridgehead atoms. The summed E-state index contributed by atoms with van der Waals surface area (Å²) in [6, 6.07) is 6.79. The summed E-state index contributed by atoms with van der Waals surface area (Å²) in [6.07, 6.45) is 0.631. The largest absolute Gasteiger partial charge is 0.484 e. The van der Waals surface area contributed by atoms with Crippen LogP contribution in [0.25, 0.3) is 0 Å². The predicted molar refractivity (Wildman–Crippen MR) is 89.2 cm³/mol. The van der Waals surface area contributed by atoms with Crippen LogP contribution in [0.4, 0.5) is 0 Å². The molecule has 1 aliphatic rings. The van der Waals surface area contributed by atoms with E-state index in [1.165, 1.54) is 4.31 Å². The van der Waals surface area contributed by atoms with Gasteiger partial charge in [0.05, 0.1) is 5.75 Å². The summed E-state index contributed by atoms with van der Waals surface area (Å²) in [5.41, 5.74) is 0. The van der Waals surface area contributed by atoms with Crippen LogP contribution in [-0.2, 0) is 14.8 Å². The van der Waals surface area contributed by atoms with E-state index in [1.807, 2.05) is 0 Å². The van der Waals surface area contributed by atoms with Crippen molar-refractivity contribution in [2.75, 3.05) is 38.5 Å². The van der Waals surface area contributed by atoms with E-state index in [4.69, 9.17) is 16.3 Å². The van der Waals surface area contributed by atoms with E-state index in [-0.39, 0.29) is 18.3 Å². The number of hydrogen-bond donors (Lipinski definition) is 0. The molecule has 8 heteroatoms. The lowest BCUT2D eigenvalue weighted by molar-refractivity contribution is -0.133. The monoisotopic (exact) mass is 360 g/mol. The van der Waals surface area contributed by atoms with Crippen molar-refractivity contribution in [3.05, 3.63) is 29.3 Å². The van der Waals surface area contributed by atoms with Crippen molar-refractivity contribution >= 4 is 27.5 Å². The van der Waals surface area contributed by atoms with E-state index >= 15 is 0 Å². The number of ether oxygens (including phenoxy) is 1. The number of hydrogen-bond acceptors (Lipinski definition) is 4. The smallest absolute Gasteiger partial charge is 0.260 e. The average molecular weight is 361 g/mol. The molecule has 0 N–H and O–H groups in total. The fourth-order valence-corrected chi connectivity index (χ4v) is 3.63. The van der Waals surface area contributed by atoms with Gasteiger partial charge in [-0.1, -0.05) is 11.6 Å². The molecule has 1 amide bonds. The number of nitrogens with zero attached hydrogens (tertiary/aromatic N) is 2. The van der Waals surface area contributed by atoms with Gasteiger partial charge in [0.1, 0.15) is 5.75 Å². The van der Waals surface area contributed by atoms with Crippen LogP contribution in [0.1, 0.15) is 13.3 Å². The van der Waals surface area contributed by atoms with Crippen molar-refractivity contribution in [1.82, 2.24) is 9.21 Å². The SMILES string of the molecule is CCS(=O)(=O)N1CCCN(C(=O)COc2ccc(Cl)cc2)CC1. The number of carbonyl (C=O) groups is 1. The van der Waals surface area contributed by atoms with E-state index in [1.54, 1.807) is 36.1 Å². The summed E-state index contributed by atoms with van der Waals surface area (Å²) in [4.78, 5) is 13.9. The zero-order valence-electron chi connectivity index (χ0n) is 13.1. The van der Waals surface area contributed by atoms with Gasteiger partial charge in [0.25, 0.3) is 5.91 Å². The van der Waals surface area contributed by atoms with E-state index < -0.39 is 10.0 Å². The Kier molecular flexibility index (Phi) is 6.26. The van der Waals surface area contributed by atoms with E-state index in [9.17, 15) is 13.2 Å². The molecule has 0 aromatic heterocycles. The molecular weight excluding hydrogens is 340 g/mol. The highest BCUT2D eigenvalue weighted by Gasteiger charge is 2.25. The third-order valence-corrected chi connectivity index (χ3v) is 5.88. The maximum Gasteiger partial charge on any atom is 0.260 e. The van der Waals surface area contributed by atoms with Crippen molar-refractivity contribution in [3.63, 3.8) is 0 Å². The molecule has 6 nitrogen and oxygen atoms in total. The molecule has 0 atom stereocenters. The molecule has 1 aromatic carbocycles. The van der Waals surface area contributed by atoms with Crippen LogP contribution in [-0.4, -0.2) is 62.1 Å². The van der Waals surface area contributed by atoms with Gasteiger partial charge in [0.15, 0.2) is 6.61 Å². The van der Waals surface area contributed by atoms with Crippen LogP contribution < -0.4 is 4.74 Å². The minimum absolute atomic E-state index is 0.0673. The van der Waals surface area contributed by atoms with Gasteiger partial charge in [0.2, 0.25) is 10.0 Å². The maximum absolute atomic E-state index is 12.2. The zero-order chi connectivity index (χ0) is 16.9. The van der Waals surface area contributed by atoms with Crippen molar-refractivity contribution < 1.29 is 17.9 Å². The quantitative estimate of drug-likeness (QED) is 0.800. The standard InChI is InChI=1S/C15H21ClN2O4S/c1-2-23(20,21)18-9-3-8-17(10-11-18)15(19)12-22-14-6-4-13(16)5-7-14/h4-7H,2-3,8-12H2,1H3. The summed E-state index contributed by atoms with van der Waals surface area (Å²) < 4.78 is 30.7. The van der Waals surface area contributed by atoms with Crippen LogP contribution in [0.15, 0.2) is 24.3 Å². The summed E-state index contributed by atoms with van der Waals surface area (Å²) in [5.74, 6) is 0.518. The molecule has 23 heavy (non-hydrogen) atoms. The Morgan fingerprint density at radius 2 is 1.87 bits per heavy atom. The molecule has 0 radical (unpaired) electrons. The fraction of sp³-hybridized carbons (Fsp3) is 0.533. The van der Waals surface area contributed by atoms with Crippen LogP contribution >= 0.6 is 11.6 Å². The Balaban J connectivity index is 1.87. The molecule has 1 fully saturated rings. The molecule has 0 unspecified atom stereocenters. The normalized spacial score (nSPS) is 16.9. The second-order valence-corrected chi connectivity index (χ2v) is 7.97. The zero-order valence-corrected chi connectivity index (χ0v) is 14.6. The number of halogens is 1. The lowest BCUT2D eigenvalue weighted by Gasteiger charge is -2.21. The van der Waals surface area contributed by atoms with Gasteiger partial charge in [-0.3, -0.25) is 4.79 Å². The minimum atomic E-state index is -3.20. The number of benzene rings is 1. The third-order valence-electron chi connectivity index (χ3n) is 3.74. The van der Waals surface area contributed by atoms with Crippen LogP contribution in [0.3, 0.4) is 0 Å². The van der Waals surface area contributed by atoms with Gasteiger partial charge >= 0.3 is 0 Å². The van der Waals surface area contributed by atoms with Crippen molar-refractivity contribution in [3.8, 4) is 5.75 Å². The van der Waals surface area contributed by atoms with Gasteiger partial charge in [-0.15, -0.1) is 0 Å². The van der Waals surface area contributed by atoms with Crippen LogP contribution in [0.5, 0.6) is 5.75 Å². The summed E-state index contributed by atoms with van der Waals surface area (Å²) >= 11 is 5.79. The topological polar surface area (TPSA) is 66.9 Å². The summed E-state index contributed by atoms with van der Waals surface area (Å²) in [5, 5.41) is 0.605. The predicted octanol–water partition coefficient (Wildman–Crippen LogP) is 1.60. The summed E-state index contributed by atoms with van der Waals surface area (Å²) in [6.45, 7) is 3.28. The first-order valence-electron chi connectivity index (χ1n) is 7.56. The van der Waals surface area contributed by atoms with E-state index in [2.05, 4.69) is 0 Å². The molecule has 0 aliphatic carbocycles. The number of amides is 1. The second kappa shape index (κ2) is 7.99. The molecule has 1 heterocycles. The molecule has 1 aliphatic heterocycles. The average Bonchev–Trinajstić information content (AvgIpc) is 2.80. The maximum atomic E-state index is 12.2. The Labute approximate surface area is 142 Å². The Hall–Kier alpha value is -1.31. The summed E-state index contributed by atoms with van der Waals surface area (Å²) in [7, 11) is -3.20. The highest BCUT2D eigenvalue weighted by molar-refractivity contribution is 7.89. The van der Waals surface area contributed by atoms with Crippen LogP contribution in [0, 0.1) is 0 Å². The van der Waals surface area contributed by atoms with Gasteiger partial charge in [-0.2, -0.15) is 0 Å². The Bertz CT molecular complexity index is 633. The molecule has 2 rings (SSSR count). The van der Waals surface area contributed by atoms with Crippen molar-refractivity contribution in [1.29, 1.82) is 0 Å². The van der Waals surface area contributed by atoms with E-state index in [0.29, 0.717) is 43.4 Å². The Morgan fingerprint density at radius 1 is 1.17 bits per heavy atom.